The van der Waals surface area contributed by atoms with Crippen molar-refractivity contribution >= 4 is 11.4 Å². The molecule has 0 unspecified atom stereocenters. The fourth-order valence-corrected chi connectivity index (χ4v) is 2.05. The minimum absolute atomic E-state index is 0.745. The van der Waals surface area contributed by atoms with Crippen molar-refractivity contribution in [1.29, 1.82) is 0 Å². The fraction of sp³-hybridized carbons (Fsp3) is 0.211. The third-order valence-corrected chi connectivity index (χ3v) is 3.26. The lowest BCUT2D eigenvalue weighted by molar-refractivity contribution is 0.809. The molecule has 0 heterocycles. The van der Waals surface area contributed by atoms with E-state index in [4.69, 9.17) is 10.7 Å². The third kappa shape index (κ3) is 4.60. The van der Waals surface area contributed by atoms with Gasteiger partial charge in [0, 0.05) is 12.2 Å². The molecule has 0 saturated heterocycles. The van der Waals surface area contributed by atoms with E-state index in [0.29, 0.717) is 0 Å². The molecule has 2 nitrogen and oxygen atoms in total. The van der Waals surface area contributed by atoms with Crippen LogP contribution in [0, 0.1) is 0 Å². The van der Waals surface area contributed by atoms with E-state index in [1.54, 1.807) is 0 Å². The highest BCUT2D eigenvalue weighted by Crippen LogP contribution is 2.11. The van der Waals surface area contributed by atoms with E-state index in [1.807, 2.05) is 54.6 Å². The Labute approximate surface area is 127 Å². The van der Waals surface area contributed by atoms with Gasteiger partial charge in [-0.3, -0.25) is 4.99 Å². The number of hydrogen-bond donors (Lipinski definition) is 1. The van der Waals surface area contributed by atoms with Gasteiger partial charge in [-0.05, 0) is 23.6 Å². The molecule has 0 radical (unpaired) electrons. The molecule has 2 aromatic carbocycles. The average Bonchev–Trinajstić information content (AvgIpc) is 2.55. The second-order valence-electron chi connectivity index (χ2n) is 4.95. The van der Waals surface area contributed by atoms with Gasteiger partial charge in [0.15, 0.2) is 0 Å². The first-order chi connectivity index (χ1) is 10.3. The standard InChI is InChI=1S/C19H22N2/c1-2-3-14-21-19(17-12-8-5-9-13-17)15-18(20)16-10-6-4-7-11-16/h4-13,15H,2-3,14,20H2,1H3/b18-15-,21-19?. The summed E-state index contributed by atoms with van der Waals surface area (Å²) in [4.78, 5) is 4.71. The zero-order chi connectivity index (χ0) is 14.9. The monoisotopic (exact) mass is 278 g/mol. The molecular formula is C19H22N2. The Hall–Kier alpha value is -2.35. The first-order valence-electron chi connectivity index (χ1n) is 7.43. The molecule has 0 atom stereocenters. The first-order valence-corrected chi connectivity index (χ1v) is 7.43. The normalized spacial score (nSPS) is 12.4. The first kappa shape index (κ1) is 15.0. The van der Waals surface area contributed by atoms with Crippen molar-refractivity contribution < 1.29 is 0 Å². The second kappa shape index (κ2) is 8.05. The summed E-state index contributed by atoms with van der Waals surface area (Å²) in [5.41, 5.74) is 10.0. The summed E-state index contributed by atoms with van der Waals surface area (Å²) in [6.45, 7) is 3.01. The Kier molecular flexibility index (Phi) is 5.77. The molecule has 108 valence electrons. The highest BCUT2D eigenvalue weighted by atomic mass is 14.7. The number of benzene rings is 2. The molecular weight excluding hydrogens is 256 g/mol. The Balaban J connectivity index is 2.30. The summed E-state index contributed by atoms with van der Waals surface area (Å²) in [5, 5.41) is 0. The average molecular weight is 278 g/mol. The van der Waals surface area contributed by atoms with Crippen molar-refractivity contribution in [2.24, 2.45) is 10.7 Å². The van der Waals surface area contributed by atoms with Gasteiger partial charge in [0.05, 0.1) is 5.71 Å². The van der Waals surface area contributed by atoms with Crippen LogP contribution in [0.5, 0.6) is 0 Å². The van der Waals surface area contributed by atoms with E-state index in [0.717, 1.165) is 41.9 Å². The Morgan fingerprint density at radius 3 is 2.10 bits per heavy atom. The lowest BCUT2D eigenvalue weighted by atomic mass is 10.1. The van der Waals surface area contributed by atoms with Crippen LogP contribution in [0.15, 0.2) is 71.7 Å². The van der Waals surface area contributed by atoms with Crippen molar-refractivity contribution in [3.63, 3.8) is 0 Å². The highest BCUT2D eigenvalue weighted by molar-refractivity contribution is 6.12. The SMILES string of the molecule is CCCCN=C(/C=C(\N)c1ccccc1)c1ccccc1. The Morgan fingerprint density at radius 1 is 0.952 bits per heavy atom. The van der Waals surface area contributed by atoms with Crippen LogP contribution < -0.4 is 5.73 Å². The van der Waals surface area contributed by atoms with Crippen LogP contribution >= 0.6 is 0 Å². The summed E-state index contributed by atoms with van der Waals surface area (Å²) >= 11 is 0. The van der Waals surface area contributed by atoms with Gasteiger partial charge in [0.1, 0.15) is 0 Å². The molecule has 2 rings (SSSR count). The van der Waals surface area contributed by atoms with Crippen LogP contribution in [-0.2, 0) is 0 Å². The maximum Gasteiger partial charge on any atom is 0.0667 e. The molecule has 0 saturated carbocycles. The van der Waals surface area contributed by atoms with Crippen molar-refractivity contribution in [1.82, 2.24) is 0 Å². The second-order valence-corrected chi connectivity index (χ2v) is 4.95. The highest BCUT2D eigenvalue weighted by Gasteiger charge is 2.02. The zero-order valence-corrected chi connectivity index (χ0v) is 12.5. The number of hydrogen-bond acceptors (Lipinski definition) is 2. The van der Waals surface area contributed by atoms with Crippen LogP contribution in [0.25, 0.3) is 5.70 Å². The summed E-state index contributed by atoms with van der Waals surface area (Å²) in [7, 11) is 0. The van der Waals surface area contributed by atoms with Gasteiger partial charge in [0.25, 0.3) is 0 Å². The number of unbranched alkanes of at least 4 members (excludes halogenated alkanes) is 1. The van der Waals surface area contributed by atoms with Gasteiger partial charge in [-0.15, -0.1) is 0 Å². The molecule has 0 bridgehead atoms. The van der Waals surface area contributed by atoms with Gasteiger partial charge >= 0.3 is 0 Å². The van der Waals surface area contributed by atoms with Crippen molar-refractivity contribution in [3.8, 4) is 0 Å². The van der Waals surface area contributed by atoms with E-state index in [-0.39, 0.29) is 0 Å². The van der Waals surface area contributed by atoms with Crippen LogP contribution in [0.2, 0.25) is 0 Å². The van der Waals surface area contributed by atoms with Gasteiger partial charge in [-0.25, -0.2) is 0 Å². The summed E-state index contributed by atoms with van der Waals surface area (Å²) < 4.78 is 0. The lowest BCUT2D eigenvalue weighted by Crippen LogP contribution is -2.04. The molecule has 0 aliphatic rings. The number of allylic oxidation sites excluding steroid dienone is 1. The van der Waals surface area contributed by atoms with Crippen molar-refractivity contribution in [2.45, 2.75) is 19.8 Å². The molecule has 2 N–H and O–H groups in total. The van der Waals surface area contributed by atoms with Crippen molar-refractivity contribution in [3.05, 3.63) is 77.9 Å². The molecule has 0 spiro atoms. The van der Waals surface area contributed by atoms with E-state index >= 15 is 0 Å². The van der Waals surface area contributed by atoms with E-state index in [1.165, 1.54) is 0 Å². The van der Waals surface area contributed by atoms with Gasteiger partial charge in [-0.1, -0.05) is 74.0 Å². The van der Waals surface area contributed by atoms with Crippen LogP contribution in [0.1, 0.15) is 30.9 Å². The fourth-order valence-electron chi connectivity index (χ4n) is 2.05. The lowest BCUT2D eigenvalue weighted by Gasteiger charge is -2.06. The predicted molar refractivity (Wildman–Crippen MR) is 91.4 cm³/mol. The van der Waals surface area contributed by atoms with Crippen molar-refractivity contribution in [2.75, 3.05) is 6.54 Å². The topological polar surface area (TPSA) is 38.4 Å². The third-order valence-electron chi connectivity index (χ3n) is 3.26. The van der Waals surface area contributed by atoms with Gasteiger partial charge < -0.3 is 5.73 Å². The number of rotatable bonds is 6. The number of nitrogens with two attached hydrogens (primary N) is 1. The molecule has 2 heteroatoms. The largest absolute Gasteiger partial charge is 0.398 e. The van der Waals surface area contributed by atoms with Crippen LogP contribution in [0.4, 0.5) is 0 Å². The Morgan fingerprint density at radius 2 is 1.52 bits per heavy atom. The zero-order valence-electron chi connectivity index (χ0n) is 12.5. The predicted octanol–water partition coefficient (Wildman–Crippen LogP) is 4.28. The molecule has 0 fully saturated rings. The maximum atomic E-state index is 6.22. The van der Waals surface area contributed by atoms with Gasteiger partial charge in [-0.2, -0.15) is 0 Å². The number of aliphatic imine (C=N–C) groups is 1. The molecule has 0 aliphatic heterocycles. The smallest absolute Gasteiger partial charge is 0.0667 e. The van der Waals surface area contributed by atoms with Gasteiger partial charge in [0.2, 0.25) is 0 Å². The van der Waals surface area contributed by atoms with E-state index in [2.05, 4.69) is 19.1 Å². The maximum absolute atomic E-state index is 6.22. The van der Waals surface area contributed by atoms with Crippen LogP contribution in [-0.4, -0.2) is 12.3 Å². The van der Waals surface area contributed by atoms with E-state index in [9.17, 15) is 0 Å². The summed E-state index contributed by atoms with van der Waals surface area (Å²) in [6, 6.07) is 20.2. The molecule has 0 amide bonds. The quantitative estimate of drug-likeness (QED) is 0.621. The summed E-state index contributed by atoms with van der Waals surface area (Å²) in [5.74, 6) is 0. The van der Waals surface area contributed by atoms with E-state index < -0.39 is 0 Å². The summed E-state index contributed by atoms with van der Waals surface area (Å²) in [6.07, 6.45) is 4.21. The molecule has 0 aromatic heterocycles. The van der Waals surface area contributed by atoms with Crippen LogP contribution in [0.3, 0.4) is 0 Å². The molecule has 0 aliphatic carbocycles. The minimum atomic E-state index is 0.745. The number of nitrogens with zero attached hydrogens (tertiary/aromatic N) is 1. The molecule has 21 heavy (non-hydrogen) atoms. The Bertz CT molecular complexity index is 598. The minimum Gasteiger partial charge on any atom is -0.398 e. The molecule has 2 aromatic rings.